The molecule has 0 fully saturated rings. The van der Waals surface area contributed by atoms with Crippen LogP contribution in [0.4, 0.5) is 0 Å². The van der Waals surface area contributed by atoms with Gasteiger partial charge in [0.2, 0.25) is 0 Å². The normalized spacial score (nSPS) is 11.8. The van der Waals surface area contributed by atoms with Crippen molar-refractivity contribution in [3.63, 3.8) is 0 Å². The highest BCUT2D eigenvalue weighted by atomic mass is 16.5. The van der Waals surface area contributed by atoms with E-state index >= 15 is 0 Å². The van der Waals surface area contributed by atoms with Crippen molar-refractivity contribution in [1.82, 2.24) is 0 Å². The lowest BCUT2D eigenvalue weighted by Crippen LogP contribution is -1.88. The summed E-state index contributed by atoms with van der Waals surface area (Å²) >= 11 is 0. The van der Waals surface area contributed by atoms with Crippen LogP contribution in [0.1, 0.15) is 38.2 Å². The van der Waals surface area contributed by atoms with E-state index in [1.165, 1.54) is 12.8 Å². The molecule has 0 aliphatic rings. The summed E-state index contributed by atoms with van der Waals surface area (Å²) in [6.45, 7) is 2.17. The Morgan fingerprint density at radius 3 is 2.50 bits per heavy atom. The maximum absolute atomic E-state index is 10.5. The zero-order valence-corrected chi connectivity index (χ0v) is 12.1. The highest BCUT2D eigenvalue weighted by molar-refractivity contribution is 5.81. The summed E-state index contributed by atoms with van der Waals surface area (Å²) in [6, 6.07) is 7.85. The molecule has 0 aliphatic carbocycles. The Balaban J connectivity index is 2.86. The van der Waals surface area contributed by atoms with Crippen LogP contribution in [0.5, 0.6) is 5.75 Å². The van der Waals surface area contributed by atoms with Gasteiger partial charge in [0.25, 0.3) is 0 Å². The van der Waals surface area contributed by atoms with Gasteiger partial charge in [-0.05, 0) is 36.1 Å². The second kappa shape index (κ2) is 8.97. The Bertz CT molecular complexity index is 470. The minimum atomic E-state index is -0.927. The lowest BCUT2D eigenvalue weighted by molar-refractivity contribution is -0.131. The molecule has 0 atom stereocenters. The van der Waals surface area contributed by atoms with Gasteiger partial charge in [-0.1, -0.05) is 44.1 Å². The number of methoxy groups -OCH3 is 1. The van der Waals surface area contributed by atoms with Crippen molar-refractivity contribution >= 4 is 11.5 Å². The van der Waals surface area contributed by atoms with Gasteiger partial charge >= 0.3 is 5.97 Å². The first-order chi connectivity index (χ1) is 9.67. The summed E-state index contributed by atoms with van der Waals surface area (Å²) < 4.78 is 5.15. The first-order valence-electron chi connectivity index (χ1n) is 6.92. The van der Waals surface area contributed by atoms with Crippen LogP contribution in [0.2, 0.25) is 0 Å². The van der Waals surface area contributed by atoms with E-state index in [0.717, 1.165) is 35.8 Å². The van der Waals surface area contributed by atoms with Gasteiger partial charge in [0.1, 0.15) is 5.75 Å². The third-order valence-electron chi connectivity index (χ3n) is 3.05. The highest BCUT2D eigenvalue weighted by Gasteiger charge is 2.01. The number of carbonyl (C=O) groups is 1. The Labute approximate surface area is 120 Å². The molecule has 0 amide bonds. The predicted octanol–water partition coefficient (Wildman–Crippen LogP) is 4.30. The lowest BCUT2D eigenvalue weighted by Gasteiger charge is -2.08. The molecule has 0 heterocycles. The molecule has 0 saturated heterocycles. The van der Waals surface area contributed by atoms with Gasteiger partial charge in [0.05, 0.1) is 7.11 Å². The molecular formula is C17H22O3. The maximum atomic E-state index is 10.5. The number of ether oxygens (including phenoxy) is 1. The van der Waals surface area contributed by atoms with Crippen LogP contribution >= 0.6 is 0 Å². The summed E-state index contributed by atoms with van der Waals surface area (Å²) in [4.78, 5) is 10.5. The van der Waals surface area contributed by atoms with Gasteiger partial charge < -0.3 is 9.84 Å². The van der Waals surface area contributed by atoms with E-state index in [4.69, 9.17) is 9.84 Å². The van der Waals surface area contributed by atoms with E-state index in [-0.39, 0.29) is 0 Å². The van der Waals surface area contributed by atoms with Crippen molar-refractivity contribution in [2.75, 3.05) is 7.11 Å². The van der Waals surface area contributed by atoms with E-state index in [9.17, 15) is 4.79 Å². The van der Waals surface area contributed by atoms with Crippen LogP contribution in [0, 0.1) is 0 Å². The van der Waals surface area contributed by atoms with Gasteiger partial charge in [0, 0.05) is 6.08 Å². The summed E-state index contributed by atoms with van der Waals surface area (Å²) in [7, 11) is 1.64. The summed E-state index contributed by atoms with van der Waals surface area (Å²) in [5, 5.41) is 8.65. The van der Waals surface area contributed by atoms with Gasteiger partial charge in [-0.15, -0.1) is 0 Å². The Morgan fingerprint density at radius 2 is 1.95 bits per heavy atom. The van der Waals surface area contributed by atoms with E-state index < -0.39 is 5.97 Å². The van der Waals surface area contributed by atoms with Crippen LogP contribution < -0.4 is 4.74 Å². The second-order valence-electron chi connectivity index (χ2n) is 4.57. The van der Waals surface area contributed by atoms with Crippen molar-refractivity contribution in [2.24, 2.45) is 0 Å². The van der Waals surface area contributed by atoms with Crippen LogP contribution in [-0.4, -0.2) is 18.2 Å². The lowest BCUT2D eigenvalue weighted by atomic mass is 9.99. The quantitative estimate of drug-likeness (QED) is 0.437. The summed E-state index contributed by atoms with van der Waals surface area (Å²) in [6.07, 6.45) is 9.03. The smallest absolute Gasteiger partial charge is 0.328 e. The molecule has 3 nitrogen and oxygen atoms in total. The molecule has 3 heteroatoms. The van der Waals surface area contributed by atoms with Crippen LogP contribution in [0.15, 0.2) is 42.5 Å². The van der Waals surface area contributed by atoms with Crippen molar-refractivity contribution in [2.45, 2.75) is 32.6 Å². The Morgan fingerprint density at radius 1 is 1.25 bits per heavy atom. The number of hydrogen-bond donors (Lipinski definition) is 1. The van der Waals surface area contributed by atoms with Gasteiger partial charge in [0.15, 0.2) is 0 Å². The van der Waals surface area contributed by atoms with E-state index in [1.807, 2.05) is 30.3 Å². The number of hydrogen-bond acceptors (Lipinski definition) is 2. The van der Waals surface area contributed by atoms with E-state index in [1.54, 1.807) is 13.2 Å². The molecule has 0 saturated carbocycles. The molecule has 1 N–H and O–H groups in total. The zero-order chi connectivity index (χ0) is 14.8. The molecule has 0 radical (unpaired) electrons. The number of carboxylic acid groups (broad SMARTS) is 1. The molecule has 108 valence electrons. The SMILES string of the molecule is CCCCC/C(=C\C=C\C(=O)O)c1ccc(OC)cc1. The Hall–Kier alpha value is -2.03. The van der Waals surface area contributed by atoms with Crippen molar-refractivity contribution < 1.29 is 14.6 Å². The first kappa shape index (κ1) is 16.0. The molecule has 1 rings (SSSR count). The minimum absolute atomic E-state index is 0.822. The fourth-order valence-corrected chi connectivity index (χ4v) is 1.94. The van der Waals surface area contributed by atoms with Crippen molar-refractivity contribution in [1.29, 1.82) is 0 Å². The standard InChI is InChI=1S/C17H22O3/c1-3-4-5-7-14(8-6-9-17(18)19)15-10-12-16(20-2)13-11-15/h6,8-13H,3-5,7H2,1-2H3,(H,18,19)/b9-6+,14-8+. The molecule has 0 spiro atoms. The monoisotopic (exact) mass is 274 g/mol. The zero-order valence-electron chi connectivity index (χ0n) is 12.1. The molecule has 0 aromatic heterocycles. The third-order valence-corrected chi connectivity index (χ3v) is 3.05. The van der Waals surface area contributed by atoms with Crippen molar-refractivity contribution in [3.8, 4) is 5.75 Å². The molecule has 0 unspecified atom stereocenters. The van der Waals surface area contributed by atoms with Crippen molar-refractivity contribution in [3.05, 3.63) is 48.1 Å². The molecule has 0 aliphatic heterocycles. The van der Waals surface area contributed by atoms with Crippen LogP contribution in [-0.2, 0) is 4.79 Å². The first-order valence-corrected chi connectivity index (χ1v) is 6.92. The highest BCUT2D eigenvalue weighted by Crippen LogP contribution is 2.23. The fourth-order valence-electron chi connectivity index (χ4n) is 1.94. The van der Waals surface area contributed by atoms with Gasteiger partial charge in [-0.2, -0.15) is 0 Å². The fraction of sp³-hybridized carbons (Fsp3) is 0.353. The number of aliphatic carboxylic acids is 1. The van der Waals surface area contributed by atoms with Gasteiger partial charge in [-0.3, -0.25) is 0 Å². The number of unbranched alkanes of at least 4 members (excludes halogenated alkanes) is 2. The summed E-state index contributed by atoms with van der Waals surface area (Å²) in [5.41, 5.74) is 2.26. The average molecular weight is 274 g/mol. The number of carboxylic acids is 1. The van der Waals surface area contributed by atoms with E-state index in [0.29, 0.717) is 0 Å². The topological polar surface area (TPSA) is 46.5 Å². The number of rotatable bonds is 8. The molecular weight excluding hydrogens is 252 g/mol. The maximum Gasteiger partial charge on any atom is 0.328 e. The third kappa shape index (κ3) is 5.74. The minimum Gasteiger partial charge on any atom is -0.497 e. The number of allylic oxidation sites excluding steroid dienone is 3. The Kier molecular flexibility index (Phi) is 7.18. The average Bonchev–Trinajstić information content (AvgIpc) is 2.46. The molecule has 1 aromatic carbocycles. The van der Waals surface area contributed by atoms with Crippen LogP contribution in [0.3, 0.4) is 0 Å². The largest absolute Gasteiger partial charge is 0.497 e. The van der Waals surface area contributed by atoms with Crippen LogP contribution in [0.25, 0.3) is 5.57 Å². The van der Waals surface area contributed by atoms with Gasteiger partial charge in [-0.25, -0.2) is 4.79 Å². The summed E-state index contributed by atoms with van der Waals surface area (Å²) in [5.74, 6) is -0.105. The number of benzene rings is 1. The van der Waals surface area contributed by atoms with E-state index in [2.05, 4.69) is 6.92 Å². The predicted molar refractivity (Wildman–Crippen MR) is 81.9 cm³/mol. The molecule has 0 bridgehead atoms. The molecule has 1 aromatic rings. The second-order valence-corrected chi connectivity index (χ2v) is 4.57. The molecule has 20 heavy (non-hydrogen) atoms.